The van der Waals surface area contributed by atoms with E-state index >= 15 is 0 Å². The average molecular weight is 645 g/mol. The molecule has 0 saturated carbocycles. The molecule has 0 aliphatic carbocycles. The molecule has 2 heterocycles. The van der Waals surface area contributed by atoms with Crippen LogP contribution in [0.2, 0.25) is 0 Å². The molecule has 46 heavy (non-hydrogen) atoms. The molecule has 0 saturated heterocycles. The summed E-state index contributed by atoms with van der Waals surface area (Å²) in [6.45, 7) is 7.38. The number of esters is 1. The number of carbonyl (C=O) groups excluding carboxylic acids is 1. The van der Waals surface area contributed by atoms with Gasteiger partial charge >= 0.3 is 11.7 Å². The van der Waals surface area contributed by atoms with Gasteiger partial charge in [0.05, 0.1) is 50.5 Å². The summed E-state index contributed by atoms with van der Waals surface area (Å²) in [4.78, 5) is 53.2. The molecule has 0 bridgehead atoms. The molecule has 1 aliphatic heterocycles. The Hall–Kier alpha value is -5.63. The van der Waals surface area contributed by atoms with E-state index in [0.29, 0.717) is 31.9 Å². The highest BCUT2D eigenvalue weighted by Crippen LogP contribution is 2.35. The van der Waals surface area contributed by atoms with Crippen molar-refractivity contribution in [2.75, 3.05) is 6.61 Å². The molecular formula is C32H28N4O9S. The summed E-state index contributed by atoms with van der Waals surface area (Å²) in [5, 5.41) is 22.6. The third-order valence-electron chi connectivity index (χ3n) is 6.82. The molecule has 0 N–H and O–H groups in total. The second-order valence-electron chi connectivity index (χ2n) is 10.4. The van der Waals surface area contributed by atoms with E-state index in [1.165, 1.54) is 4.57 Å². The number of rotatable bonds is 10. The van der Waals surface area contributed by atoms with Gasteiger partial charge in [-0.25, -0.2) is 9.79 Å². The van der Waals surface area contributed by atoms with Crippen LogP contribution in [0.5, 0.6) is 17.2 Å². The Bertz CT molecular complexity index is 2060. The lowest BCUT2D eigenvalue weighted by atomic mass is 9.96. The molecule has 4 aromatic rings. The maximum absolute atomic E-state index is 14.0. The van der Waals surface area contributed by atoms with E-state index in [9.17, 15) is 29.8 Å². The molecule has 1 atom stereocenters. The van der Waals surface area contributed by atoms with E-state index < -0.39 is 33.2 Å². The first-order chi connectivity index (χ1) is 22.0. The van der Waals surface area contributed by atoms with Crippen LogP contribution >= 0.6 is 11.3 Å². The van der Waals surface area contributed by atoms with Crippen molar-refractivity contribution >= 4 is 34.8 Å². The van der Waals surface area contributed by atoms with Gasteiger partial charge in [0.15, 0.2) is 4.80 Å². The number of fused-ring (bicyclic) bond motifs is 1. The number of nitrogens with zero attached hydrogens (tertiary/aromatic N) is 4. The fourth-order valence-corrected chi connectivity index (χ4v) is 5.95. The maximum atomic E-state index is 14.0. The minimum Gasteiger partial charge on any atom is -0.491 e. The van der Waals surface area contributed by atoms with Crippen molar-refractivity contribution in [3.05, 3.63) is 129 Å². The van der Waals surface area contributed by atoms with Crippen molar-refractivity contribution in [2.24, 2.45) is 4.99 Å². The third kappa shape index (κ3) is 6.56. The monoisotopic (exact) mass is 644 g/mol. The van der Waals surface area contributed by atoms with E-state index in [1.54, 1.807) is 68.5 Å². The number of aromatic nitrogens is 1. The van der Waals surface area contributed by atoms with E-state index in [-0.39, 0.29) is 35.3 Å². The standard InChI is InChI=1S/C32H28N4O9S/c1-5-43-31(38)28-19(4)33-32-34(29(28)21-9-12-23(13-10-21)44-18(2)3)30(37)27(46-32)16-20-7-6-8-24(15-20)45-26-14-11-22(35(39)40)17-25(26)36(41)42/h6-18,29H,5H2,1-4H3/b27-16+/t29-/m0/s1. The van der Waals surface area contributed by atoms with Gasteiger partial charge in [0.1, 0.15) is 11.5 Å². The van der Waals surface area contributed by atoms with Crippen molar-refractivity contribution in [1.82, 2.24) is 4.57 Å². The lowest BCUT2D eigenvalue weighted by Gasteiger charge is -2.25. The van der Waals surface area contributed by atoms with E-state index in [0.717, 1.165) is 29.5 Å². The zero-order chi connectivity index (χ0) is 33.1. The number of carbonyl (C=O) groups is 1. The van der Waals surface area contributed by atoms with Gasteiger partial charge in [0.2, 0.25) is 5.75 Å². The van der Waals surface area contributed by atoms with Crippen LogP contribution in [0.3, 0.4) is 0 Å². The molecular weight excluding hydrogens is 616 g/mol. The smallest absolute Gasteiger partial charge is 0.338 e. The van der Waals surface area contributed by atoms with Gasteiger partial charge in [0.25, 0.3) is 11.2 Å². The highest BCUT2D eigenvalue weighted by molar-refractivity contribution is 7.07. The van der Waals surface area contributed by atoms with Crippen molar-refractivity contribution in [3.8, 4) is 17.2 Å². The first-order valence-electron chi connectivity index (χ1n) is 14.1. The van der Waals surface area contributed by atoms with Crippen LogP contribution in [0.1, 0.15) is 44.9 Å². The summed E-state index contributed by atoms with van der Waals surface area (Å²) < 4.78 is 18.6. The fourth-order valence-electron chi connectivity index (χ4n) is 4.90. The predicted molar refractivity (Wildman–Crippen MR) is 169 cm³/mol. The lowest BCUT2D eigenvalue weighted by Crippen LogP contribution is -2.39. The topological polar surface area (TPSA) is 165 Å². The average Bonchev–Trinajstić information content (AvgIpc) is 3.30. The Kier molecular flexibility index (Phi) is 9.09. The van der Waals surface area contributed by atoms with Crippen LogP contribution in [-0.4, -0.2) is 33.1 Å². The molecule has 13 nitrogen and oxygen atoms in total. The summed E-state index contributed by atoms with van der Waals surface area (Å²) >= 11 is 1.14. The number of non-ortho nitro benzene ring substituents is 1. The zero-order valence-electron chi connectivity index (χ0n) is 25.2. The normalized spacial score (nSPS) is 14.5. The number of hydrogen-bond donors (Lipinski definition) is 0. The van der Waals surface area contributed by atoms with Gasteiger partial charge < -0.3 is 14.2 Å². The van der Waals surface area contributed by atoms with E-state index in [1.807, 2.05) is 13.8 Å². The van der Waals surface area contributed by atoms with Gasteiger partial charge in [-0.1, -0.05) is 35.6 Å². The van der Waals surface area contributed by atoms with Gasteiger partial charge in [-0.05, 0) is 75.2 Å². The Balaban J connectivity index is 1.56. The summed E-state index contributed by atoms with van der Waals surface area (Å²) in [6, 6.07) is 16.0. The van der Waals surface area contributed by atoms with Crippen molar-refractivity contribution in [1.29, 1.82) is 0 Å². The largest absolute Gasteiger partial charge is 0.491 e. The van der Waals surface area contributed by atoms with Gasteiger partial charge in [0, 0.05) is 6.07 Å². The number of nitro groups is 2. The number of thiazole rings is 1. The Morgan fingerprint density at radius 2 is 1.78 bits per heavy atom. The van der Waals surface area contributed by atoms with E-state index in [2.05, 4.69) is 4.99 Å². The second kappa shape index (κ2) is 13.2. The number of hydrogen-bond acceptors (Lipinski definition) is 11. The molecule has 0 spiro atoms. The molecule has 0 amide bonds. The SMILES string of the molecule is CCOC(=O)C1=C(C)N=c2s/c(=C/c3cccc(Oc4ccc([N+](=O)[O-])cc4[N+](=O)[O-])c3)c(=O)n2[C@H]1c1ccc(OC(C)C)cc1. The van der Waals surface area contributed by atoms with Crippen molar-refractivity contribution in [2.45, 2.75) is 39.8 Å². The quantitative estimate of drug-likeness (QED) is 0.128. The molecule has 1 aromatic heterocycles. The molecule has 14 heteroatoms. The van der Waals surface area contributed by atoms with Crippen LogP contribution in [0.15, 0.2) is 87.8 Å². The molecule has 3 aromatic carbocycles. The highest BCUT2D eigenvalue weighted by Gasteiger charge is 2.33. The minimum absolute atomic E-state index is 0.0334. The van der Waals surface area contributed by atoms with Crippen molar-refractivity contribution in [3.63, 3.8) is 0 Å². The van der Waals surface area contributed by atoms with Gasteiger partial charge in [-0.2, -0.15) is 0 Å². The Morgan fingerprint density at radius 3 is 2.43 bits per heavy atom. The Morgan fingerprint density at radius 1 is 1.04 bits per heavy atom. The summed E-state index contributed by atoms with van der Waals surface area (Å²) in [5.41, 5.74) is 0.494. The summed E-state index contributed by atoms with van der Waals surface area (Å²) in [6.07, 6.45) is 1.59. The third-order valence-corrected chi connectivity index (χ3v) is 7.80. The molecule has 1 aliphatic rings. The zero-order valence-corrected chi connectivity index (χ0v) is 26.0. The van der Waals surface area contributed by atoms with Crippen LogP contribution in [0, 0.1) is 20.2 Å². The first kappa shape index (κ1) is 31.8. The van der Waals surface area contributed by atoms with Crippen LogP contribution in [-0.2, 0) is 9.53 Å². The predicted octanol–water partition coefficient (Wildman–Crippen LogP) is 5.19. The number of allylic oxidation sites excluding steroid dienone is 1. The van der Waals surface area contributed by atoms with Crippen LogP contribution in [0.25, 0.3) is 6.08 Å². The summed E-state index contributed by atoms with van der Waals surface area (Å²) in [7, 11) is 0. The van der Waals surface area contributed by atoms with Gasteiger partial charge in [-0.15, -0.1) is 0 Å². The van der Waals surface area contributed by atoms with E-state index in [4.69, 9.17) is 14.2 Å². The molecule has 5 rings (SSSR count). The molecule has 236 valence electrons. The number of ether oxygens (including phenoxy) is 3. The van der Waals surface area contributed by atoms with Crippen LogP contribution < -0.4 is 24.4 Å². The molecule has 0 fully saturated rings. The maximum Gasteiger partial charge on any atom is 0.338 e. The first-order valence-corrected chi connectivity index (χ1v) is 15.0. The minimum atomic E-state index is -0.803. The van der Waals surface area contributed by atoms with Gasteiger partial charge in [-0.3, -0.25) is 29.6 Å². The highest BCUT2D eigenvalue weighted by atomic mass is 32.1. The van der Waals surface area contributed by atoms with Crippen molar-refractivity contribution < 1.29 is 28.9 Å². The number of nitro benzene ring substituents is 2. The van der Waals surface area contributed by atoms with Crippen LogP contribution in [0.4, 0.5) is 11.4 Å². The summed E-state index contributed by atoms with van der Waals surface area (Å²) in [5.74, 6) is 0.0980. The molecule has 0 unspecified atom stereocenters. The fraction of sp³-hybridized carbons (Fsp3) is 0.219. The Labute approximate surface area is 265 Å². The number of benzene rings is 3. The second-order valence-corrected chi connectivity index (χ2v) is 11.4. The lowest BCUT2D eigenvalue weighted by molar-refractivity contribution is -0.394. The molecule has 0 radical (unpaired) electrons.